The first kappa shape index (κ1) is 30.6. The largest absolute Gasteiger partial charge is 0.484 e. The number of nitrogens with zero attached hydrogens (tertiary/aromatic N) is 2. The third-order valence-corrected chi connectivity index (χ3v) is 5.94. The van der Waals surface area contributed by atoms with Crippen LogP contribution in [0.3, 0.4) is 0 Å². The molecule has 0 radical (unpaired) electrons. The van der Waals surface area contributed by atoms with Crippen LogP contribution in [0.15, 0.2) is 29.6 Å². The molecule has 37 heavy (non-hydrogen) atoms. The predicted molar refractivity (Wildman–Crippen MR) is 126 cm³/mol. The molecule has 1 aromatic carbocycles. The maximum absolute atomic E-state index is 12.5. The Hall–Kier alpha value is -2.61. The van der Waals surface area contributed by atoms with E-state index in [0.717, 1.165) is 55.6 Å². The second-order valence-electron chi connectivity index (χ2n) is 7.78. The van der Waals surface area contributed by atoms with Gasteiger partial charge in [-0.2, -0.15) is 26.3 Å². The fraction of sp³-hybridized carbons (Fsp3) is 0.500. The van der Waals surface area contributed by atoms with Crippen molar-refractivity contribution in [3.8, 4) is 11.5 Å². The van der Waals surface area contributed by atoms with E-state index in [9.17, 15) is 36.2 Å². The van der Waals surface area contributed by atoms with E-state index in [1.165, 1.54) is 6.20 Å². The van der Waals surface area contributed by atoms with E-state index in [0.29, 0.717) is 6.42 Å². The Morgan fingerprint density at radius 3 is 2.14 bits per heavy atom. The van der Waals surface area contributed by atoms with Crippen molar-refractivity contribution in [1.82, 2.24) is 9.97 Å². The molecule has 1 heterocycles. The van der Waals surface area contributed by atoms with Crippen LogP contribution in [-0.2, 0) is 4.79 Å². The van der Waals surface area contributed by atoms with Gasteiger partial charge in [0.15, 0.2) is 23.5 Å². The molecule has 0 saturated heterocycles. The smallest absolute Gasteiger partial charge is 0.422 e. The lowest BCUT2D eigenvalue weighted by Gasteiger charge is -2.16. The van der Waals surface area contributed by atoms with Crippen LogP contribution >= 0.6 is 23.4 Å². The number of carboxylic acid groups (broad SMARTS) is 1. The number of unbranched alkanes of at least 4 members (excludes halogenated alkanes) is 3. The normalized spacial score (nSPS) is 12.8. The van der Waals surface area contributed by atoms with Gasteiger partial charge in [0.1, 0.15) is 16.7 Å². The summed E-state index contributed by atoms with van der Waals surface area (Å²) in [5.74, 6) is -1.84. The minimum absolute atomic E-state index is 0.0120. The highest BCUT2D eigenvalue weighted by Crippen LogP contribution is 2.33. The highest BCUT2D eigenvalue weighted by Gasteiger charge is 2.30. The zero-order chi connectivity index (χ0) is 27.6. The maximum atomic E-state index is 12.5. The van der Waals surface area contributed by atoms with Crippen LogP contribution in [0.4, 0.5) is 37.7 Å². The molecule has 2 aromatic rings. The molecule has 0 amide bonds. The van der Waals surface area contributed by atoms with Crippen LogP contribution in [0, 0.1) is 0 Å². The minimum atomic E-state index is -4.68. The zero-order valence-corrected chi connectivity index (χ0v) is 21.0. The molecule has 15 heteroatoms. The molecule has 0 aliphatic carbocycles. The summed E-state index contributed by atoms with van der Waals surface area (Å²) in [4.78, 5) is 19.7. The summed E-state index contributed by atoms with van der Waals surface area (Å²) >= 11 is 7.09. The second-order valence-corrected chi connectivity index (χ2v) is 9.30. The Kier molecular flexibility index (Phi) is 11.4. The quantitative estimate of drug-likeness (QED) is 0.0798. The number of rotatable bonds is 14. The summed E-state index contributed by atoms with van der Waals surface area (Å²) < 4.78 is 84.5. The summed E-state index contributed by atoms with van der Waals surface area (Å²) in [7, 11) is 0. The topological polar surface area (TPSA) is 93.6 Å². The van der Waals surface area contributed by atoms with Crippen molar-refractivity contribution in [1.29, 1.82) is 0 Å². The van der Waals surface area contributed by atoms with Crippen LogP contribution in [0.25, 0.3) is 0 Å². The average Bonchev–Trinajstić information content (AvgIpc) is 2.79. The summed E-state index contributed by atoms with van der Waals surface area (Å²) in [5.41, 5.74) is 0.0534. The third kappa shape index (κ3) is 12.0. The molecule has 1 unspecified atom stereocenters. The number of hydrogen-bond acceptors (Lipinski definition) is 7. The van der Waals surface area contributed by atoms with Gasteiger partial charge in [0.25, 0.3) is 0 Å². The number of anilines is 2. The highest BCUT2D eigenvalue weighted by atomic mass is 35.5. The van der Waals surface area contributed by atoms with E-state index < -0.39 is 48.3 Å². The van der Waals surface area contributed by atoms with Crippen LogP contribution < -0.4 is 14.8 Å². The van der Waals surface area contributed by atoms with E-state index in [4.69, 9.17) is 11.6 Å². The first-order valence-electron chi connectivity index (χ1n) is 11.0. The van der Waals surface area contributed by atoms with Gasteiger partial charge in [-0.15, -0.1) is 0 Å². The Morgan fingerprint density at radius 1 is 1.05 bits per heavy atom. The summed E-state index contributed by atoms with van der Waals surface area (Å²) in [6.07, 6.45) is -4.12. The molecule has 0 saturated carbocycles. The van der Waals surface area contributed by atoms with E-state index >= 15 is 0 Å². The van der Waals surface area contributed by atoms with Crippen molar-refractivity contribution in [3.63, 3.8) is 0 Å². The van der Waals surface area contributed by atoms with Crippen molar-refractivity contribution in [2.45, 2.75) is 61.8 Å². The molecule has 7 nitrogen and oxygen atoms in total. The minimum Gasteiger partial charge on any atom is -0.484 e. The van der Waals surface area contributed by atoms with E-state index in [-0.39, 0.29) is 21.7 Å². The molecule has 2 N–H and O–H groups in total. The highest BCUT2D eigenvalue weighted by molar-refractivity contribution is 8.00. The number of nitrogens with one attached hydrogen (secondary N) is 1. The standard InChI is InChI=1S/C22H24ClF6N3O4S/c1-2-3-4-5-6-17(19(33)34)37-20-30-10-16(18(23)32-20)31-13-7-14(35-11-21(24,25)26)9-15(8-13)36-12-22(27,28)29/h7-10,17,31H,2-6,11-12H2,1H3,(H,33,34). The molecule has 0 fully saturated rings. The molecule has 1 atom stereocenters. The van der Waals surface area contributed by atoms with Crippen molar-refractivity contribution in [2.75, 3.05) is 18.5 Å². The fourth-order valence-electron chi connectivity index (χ4n) is 2.90. The number of hydrogen-bond donors (Lipinski definition) is 2. The molecule has 2 rings (SSSR count). The zero-order valence-electron chi connectivity index (χ0n) is 19.5. The number of halogens is 7. The fourth-order valence-corrected chi connectivity index (χ4v) is 4.02. The molecule has 1 aromatic heterocycles. The maximum Gasteiger partial charge on any atom is 0.422 e. The van der Waals surface area contributed by atoms with Crippen molar-refractivity contribution < 1.29 is 45.7 Å². The van der Waals surface area contributed by atoms with Crippen molar-refractivity contribution in [3.05, 3.63) is 29.5 Å². The number of carbonyl (C=O) groups is 1. The van der Waals surface area contributed by atoms with Gasteiger partial charge in [-0.1, -0.05) is 56.0 Å². The SMILES string of the molecule is CCCCCCC(Sc1ncc(Nc2cc(OCC(F)(F)F)cc(OCC(F)(F)F)c2)c(Cl)n1)C(=O)O. The number of aliphatic carboxylic acids is 1. The van der Waals surface area contributed by atoms with E-state index in [1.54, 1.807) is 0 Å². The number of ether oxygens (including phenoxy) is 2. The van der Waals surface area contributed by atoms with Gasteiger partial charge >= 0.3 is 18.3 Å². The van der Waals surface area contributed by atoms with Gasteiger partial charge < -0.3 is 19.9 Å². The lowest BCUT2D eigenvalue weighted by atomic mass is 10.1. The Labute approximate surface area is 217 Å². The predicted octanol–water partition coefficient (Wildman–Crippen LogP) is 7.27. The number of alkyl halides is 6. The molecule has 0 bridgehead atoms. The van der Waals surface area contributed by atoms with Crippen LogP contribution in [0.2, 0.25) is 5.15 Å². The van der Waals surface area contributed by atoms with Crippen molar-refractivity contribution in [2.24, 2.45) is 0 Å². The molecule has 0 spiro atoms. The van der Waals surface area contributed by atoms with Gasteiger partial charge in [-0.3, -0.25) is 4.79 Å². The van der Waals surface area contributed by atoms with E-state index in [2.05, 4.69) is 24.8 Å². The Bertz CT molecular complexity index is 1010. The number of benzene rings is 1. The van der Waals surface area contributed by atoms with Crippen LogP contribution in [0.5, 0.6) is 11.5 Å². The molecular formula is C22H24ClF6N3O4S. The van der Waals surface area contributed by atoms with Gasteiger partial charge in [-0.25, -0.2) is 9.97 Å². The summed E-state index contributed by atoms with van der Waals surface area (Å²) in [6.45, 7) is -1.31. The van der Waals surface area contributed by atoms with Gasteiger partial charge in [0.2, 0.25) is 0 Å². The number of carboxylic acids is 1. The molecule has 0 aliphatic heterocycles. The third-order valence-electron chi connectivity index (χ3n) is 4.53. The van der Waals surface area contributed by atoms with Crippen LogP contribution in [0.1, 0.15) is 39.0 Å². The first-order valence-corrected chi connectivity index (χ1v) is 12.2. The van der Waals surface area contributed by atoms with Gasteiger partial charge in [0.05, 0.1) is 11.9 Å². The first-order chi connectivity index (χ1) is 17.3. The Balaban J connectivity index is 2.18. The molecule has 0 aliphatic rings. The monoisotopic (exact) mass is 575 g/mol. The number of thioether (sulfide) groups is 1. The number of aromatic nitrogens is 2. The summed E-state index contributed by atoms with van der Waals surface area (Å²) in [5, 5.41) is 11.3. The second kappa shape index (κ2) is 13.8. The summed E-state index contributed by atoms with van der Waals surface area (Å²) in [6, 6.07) is 3.08. The van der Waals surface area contributed by atoms with Crippen LogP contribution in [-0.4, -0.2) is 51.9 Å². The Morgan fingerprint density at radius 2 is 1.65 bits per heavy atom. The molecule has 206 valence electrons. The lowest BCUT2D eigenvalue weighted by Crippen LogP contribution is -2.20. The van der Waals surface area contributed by atoms with E-state index in [1.807, 2.05) is 6.92 Å². The lowest BCUT2D eigenvalue weighted by molar-refractivity contribution is -0.154. The van der Waals surface area contributed by atoms with Gasteiger partial charge in [-0.05, 0) is 6.42 Å². The average molecular weight is 576 g/mol. The van der Waals surface area contributed by atoms with Crippen molar-refractivity contribution >= 4 is 40.7 Å². The van der Waals surface area contributed by atoms with Gasteiger partial charge in [0, 0.05) is 23.9 Å². The molecular weight excluding hydrogens is 552 g/mol.